The third kappa shape index (κ3) is 5.70. The number of nitrogens with zero attached hydrogens (tertiary/aromatic N) is 5. The molecule has 4 rings (SSSR count). The van der Waals surface area contributed by atoms with Gasteiger partial charge in [0.05, 0.1) is 25.6 Å². The van der Waals surface area contributed by atoms with Gasteiger partial charge in [0.2, 0.25) is 5.95 Å². The van der Waals surface area contributed by atoms with Crippen LogP contribution in [0.25, 0.3) is 11.1 Å². The summed E-state index contributed by atoms with van der Waals surface area (Å²) in [6.45, 7) is 7.19. The molecule has 0 amide bonds. The molecular formula is C22H25F3N6O. The van der Waals surface area contributed by atoms with Crippen LogP contribution in [0, 0.1) is 5.82 Å². The summed E-state index contributed by atoms with van der Waals surface area (Å²) >= 11 is 0. The van der Waals surface area contributed by atoms with E-state index < -0.39 is 11.7 Å². The molecule has 3 heterocycles. The van der Waals surface area contributed by atoms with Crippen LogP contribution in [-0.4, -0.2) is 46.5 Å². The predicted molar refractivity (Wildman–Crippen MR) is 117 cm³/mol. The molecule has 0 unspecified atom stereocenters. The Labute approximate surface area is 184 Å². The van der Waals surface area contributed by atoms with Crippen LogP contribution in [0.2, 0.25) is 0 Å². The summed E-state index contributed by atoms with van der Waals surface area (Å²) < 4.78 is 46.4. The Morgan fingerprint density at radius 2 is 1.72 bits per heavy atom. The van der Waals surface area contributed by atoms with Crippen molar-refractivity contribution in [3.63, 3.8) is 0 Å². The lowest BCUT2D eigenvalue weighted by molar-refractivity contribution is 0.0175. The average molecular weight is 446 g/mol. The van der Waals surface area contributed by atoms with Crippen LogP contribution in [0.5, 0.6) is 0 Å². The van der Waals surface area contributed by atoms with Gasteiger partial charge in [0.1, 0.15) is 0 Å². The van der Waals surface area contributed by atoms with E-state index >= 15 is 0 Å². The smallest absolute Gasteiger partial charge is 0.270 e. The van der Waals surface area contributed by atoms with Crippen LogP contribution in [0.1, 0.15) is 26.3 Å². The van der Waals surface area contributed by atoms with E-state index in [0.717, 1.165) is 13.1 Å². The maximum atomic E-state index is 14.3. The van der Waals surface area contributed by atoms with Crippen molar-refractivity contribution in [3.8, 4) is 11.1 Å². The van der Waals surface area contributed by atoms with Gasteiger partial charge in [-0.3, -0.25) is 0 Å². The molecule has 10 heteroatoms. The summed E-state index contributed by atoms with van der Waals surface area (Å²) in [5.74, 6) is -2.91. The van der Waals surface area contributed by atoms with E-state index in [9.17, 15) is 13.2 Å². The minimum atomic E-state index is -2.91. The van der Waals surface area contributed by atoms with Gasteiger partial charge >= 0.3 is 0 Å². The fourth-order valence-corrected chi connectivity index (χ4v) is 3.02. The molecule has 1 aromatic carbocycles. The van der Waals surface area contributed by atoms with Crippen molar-refractivity contribution in [2.75, 3.05) is 36.5 Å². The van der Waals surface area contributed by atoms with Gasteiger partial charge in [-0.1, -0.05) is 38.1 Å². The molecule has 1 saturated heterocycles. The van der Waals surface area contributed by atoms with Crippen LogP contribution in [-0.2, 0) is 10.7 Å². The van der Waals surface area contributed by atoms with Crippen molar-refractivity contribution in [2.45, 2.75) is 26.7 Å². The van der Waals surface area contributed by atoms with E-state index in [4.69, 9.17) is 4.74 Å². The van der Waals surface area contributed by atoms with Gasteiger partial charge in [0.25, 0.3) is 5.92 Å². The third-order valence-corrected chi connectivity index (χ3v) is 4.65. The first-order valence-corrected chi connectivity index (χ1v) is 10.3. The van der Waals surface area contributed by atoms with Gasteiger partial charge in [-0.05, 0) is 11.6 Å². The van der Waals surface area contributed by atoms with E-state index in [0.29, 0.717) is 43.4 Å². The van der Waals surface area contributed by atoms with Crippen LogP contribution >= 0.6 is 0 Å². The molecular weight excluding hydrogens is 421 g/mol. The molecule has 1 aliphatic rings. The molecule has 0 saturated carbocycles. The monoisotopic (exact) mass is 446 g/mol. The number of rotatable bonds is 5. The maximum Gasteiger partial charge on any atom is 0.270 e. The zero-order valence-corrected chi connectivity index (χ0v) is 18.1. The second-order valence-electron chi connectivity index (χ2n) is 6.89. The van der Waals surface area contributed by atoms with Crippen molar-refractivity contribution in [1.29, 1.82) is 0 Å². The Balaban J connectivity index is 0.00000141. The van der Waals surface area contributed by atoms with Crippen molar-refractivity contribution in [2.24, 2.45) is 0 Å². The summed E-state index contributed by atoms with van der Waals surface area (Å²) in [4.78, 5) is 10.2. The van der Waals surface area contributed by atoms with Gasteiger partial charge in [0, 0.05) is 31.1 Å². The quantitative estimate of drug-likeness (QED) is 0.604. The fourth-order valence-electron chi connectivity index (χ4n) is 3.02. The van der Waals surface area contributed by atoms with Crippen molar-refractivity contribution < 1.29 is 17.9 Å². The van der Waals surface area contributed by atoms with E-state index in [1.165, 1.54) is 18.3 Å². The van der Waals surface area contributed by atoms with Crippen LogP contribution in [0.3, 0.4) is 0 Å². The highest BCUT2D eigenvalue weighted by Crippen LogP contribution is 2.29. The van der Waals surface area contributed by atoms with Gasteiger partial charge in [-0.15, -0.1) is 5.10 Å². The molecule has 1 N–H and O–H groups in total. The number of alkyl halides is 2. The lowest BCUT2D eigenvalue weighted by Gasteiger charge is -2.26. The minimum absolute atomic E-state index is 0.0288. The van der Waals surface area contributed by atoms with Crippen LogP contribution in [0.15, 0.2) is 42.7 Å². The number of benzene rings is 1. The second-order valence-corrected chi connectivity index (χ2v) is 6.89. The zero-order valence-electron chi connectivity index (χ0n) is 18.1. The Kier molecular flexibility index (Phi) is 7.57. The number of nitrogens with one attached hydrogen (secondary N) is 1. The summed E-state index contributed by atoms with van der Waals surface area (Å²) in [5, 5.41) is 10.7. The fraction of sp³-hybridized carbons (Fsp3) is 0.364. The normalized spacial score (nSPS) is 13.9. The number of aromatic nitrogens is 4. The topological polar surface area (TPSA) is 76.1 Å². The molecule has 0 spiro atoms. The number of hydrogen-bond acceptors (Lipinski definition) is 7. The Hall–Kier alpha value is -3.27. The molecule has 170 valence electrons. The largest absolute Gasteiger partial charge is 0.378 e. The molecule has 2 aromatic heterocycles. The highest BCUT2D eigenvalue weighted by molar-refractivity contribution is 5.67. The number of morpholine rings is 1. The average Bonchev–Trinajstić information content (AvgIpc) is 2.82. The number of ether oxygens (including phenoxy) is 1. The van der Waals surface area contributed by atoms with Gasteiger partial charge in [-0.2, -0.15) is 10.1 Å². The molecule has 0 atom stereocenters. The van der Waals surface area contributed by atoms with E-state index in [-0.39, 0.29) is 17.2 Å². The molecule has 0 aliphatic carbocycles. The Morgan fingerprint density at radius 3 is 2.38 bits per heavy atom. The Morgan fingerprint density at radius 1 is 1.03 bits per heavy atom. The molecule has 32 heavy (non-hydrogen) atoms. The zero-order chi connectivity index (χ0) is 23.1. The van der Waals surface area contributed by atoms with Crippen molar-refractivity contribution in [3.05, 3.63) is 54.1 Å². The third-order valence-electron chi connectivity index (χ3n) is 4.65. The van der Waals surface area contributed by atoms with Crippen molar-refractivity contribution >= 4 is 17.6 Å². The summed E-state index contributed by atoms with van der Waals surface area (Å²) in [6.07, 6.45) is 2.60. The van der Waals surface area contributed by atoms with Crippen molar-refractivity contribution in [1.82, 2.24) is 20.2 Å². The van der Waals surface area contributed by atoms with E-state index in [2.05, 4.69) is 25.5 Å². The van der Waals surface area contributed by atoms with Gasteiger partial charge in [-0.25, -0.2) is 18.2 Å². The number of halogens is 3. The standard InChI is InChI=1S/C20H19F3N6O.C2H6/c1-20(22,23)15-4-2-13(3-5-15)14-10-17(28-25-11-14)26-18-16(21)12-24-19(27-18)29-6-8-30-9-7-29;1-2/h2-5,10-12H,6-9H2,1H3,(H,24,26,27,28);1-2H3. The minimum Gasteiger partial charge on any atom is -0.378 e. The molecule has 1 aliphatic heterocycles. The summed E-state index contributed by atoms with van der Waals surface area (Å²) in [5.41, 5.74) is 1.24. The lowest BCUT2D eigenvalue weighted by atomic mass is 10.0. The molecule has 0 radical (unpaired) electrons. The SMILES string of the molecule is CC.CC(F)(F)c1ccc(-c2cnnc(Nc3nc(N4CCOCC4)ncc3F)c2)cc1. The number of anilines is 3. The molecule has 0 bridgehead atoms. The van der Waals surface area contributed by atoms with E-state index in [1.54, 1.807) is 18.2 Å². The molecule has 7 nitrogen and oxygen atoms in total. The first-order chi connectivity index (χ1) is 15.4. The second kappa shape index (κ2) is 10.4. The summed E-state index contributed by atoms with van der Waals surface area (Å²) in [7, 11) is 0. The highest BCUT2D eigenvalue weighted by Gasteiger charge is 2.23. The van der Waals surface area contributed by atoms with Crippen LogP contribution < -0.4 is 10.2 Å². The lowest BCUT2D eigenvalue weighted by Crippen LogP contribution is -2.37. The van der Waals surface area contributed by atoms with Crippen LogP contribution in [0.4, 0.5) is 30.8 Å². The number of hydrogen-bond donors (Lipinski definition) is 1. The Bertz CT molecular complexity index is 1020. The van der Waals surface area contributed by atoms with Gasteiger partial charge in [0.15, 0.2) is 17.5 Å². The summed E-state index contributed by atoms with van der Waals surface area (Å²) in [6, 6.07) is 7.52. The molecule has 1 fully saturated rings. The first kappa shape index (κ1) is 23.4. The first-order valence-electron chi connectivity index (χ1n) is 10.3. The molecule has 3 aromatic rings. The van der Waals surface area contributed by atoms with E-state index in [1.807, 2.05) is 18.7 Å². The maximum absolute atomic E-state index is 14.3. The van der Waals surface area contributed by atoms with Gasteiger partial charge < -0.3 is 15.0 Å². The highest BCUT2D eigenvalue weighted by atomic mass is 19.3. The predicted octanol–water partition coefficient (Wildman–Crippen LogP) is 4.79.